The van der Waals surface area contributed by atoms with Crippen LogP contribution in [0.3, 0.4) is 0 Å². The van der Waals surface area contributed by atoms with Crippen LogP contribution in [0, 0.1) is 11.3 Å². The quantitative estimate of drug-likeness (QED) is 0.855. The molecule has 2 unspecified atom stereocenters. The normalized spacial score (nSPS) is 20.6. The second-order valence-corrected chi connectivity index (χ2v) is 4.73. The van der Waals surface area contributed by atoms with Gasteiger partial charge in [-0.2, -0.15) is 27.8 Å². The van der Waals surface area contributed by atoms with Crippen molar-refractivity contribution < 1.29 is 18.3 Å². The Morgan fingerprint density at radius 2 is 2.09 bits per heavy atom. The van der Waals surface area contributed by atoms with Crippen LogP contribution < -0.4 is 5.01 Å². The number of hydrogen-bond acceptors (Lipinski definition) is 6. The number of aromatic nitrogens is 4. The van der Waals surface area contributed by atoms with Crippen molar-refractivity contribution in [1.29, 1.82) is 5.41 Å². The largest absolute Gasteiger partial charge is 0.415 e. The highest BCUT2D eigenvalue weighted by Gasteiger charge is 2.50. The van der Waals surface area contributed by atoms with Gasteiger partial charge in [0.2, 0.25) is 0 Å². The first-order chi connectivity index (χ1) is 10.3. The Hall–Kier alpha value is -2.56. The minimum Gasteiger partial charge on any atom is -0.383 e. The summed E-state index contributed by atoms with van der Waals surface area (Å²) >= 11 is 0. The number of hydrogen-bond donors (Lipinski definition) is 2. The molecule has 0 aliphatic carbocycles. The zero-order valence-corrected chi connectivity index (χ0v) is 11.2. The average molecular weight is 313 g/mol. The summed E-state index contributed by atoms with van der Waals surface area (Å²) in [6, 6.07) is 3.00. The highest BCUT2D eigenvalue weighted by molar-refractivity contribution is 6.16. The lowest BCUT2D eigenvalue weighted by atomic mass is 9.96. The monoisotopic (exact) mass is 313 g/mol. The lowest BCUT2D eigenvalue weighted by Crippen LogP contribution is -2.43. The van der Waals surface area contributed by atoms with Crippen molar-refractivity contribution >= 4 is 23.0 Å². The Morgan fingerprint density at radius 3 is 2.77 bits per heavy atom. The van der Waals surface area contributed by atoms with Gasteiger partial charge in [0.25, 0.3) is 0 Å². The molecule has 2 aromatic rings. The van der Waals surface area contributed by atoms with Crippen LogP contribution >= 0.6 is 0 Å². The summed E-state index contributed by atoms with van der Waals surface area (Å²) in [7, 11) is 0. The molecule has 2 atom stereocenters. The summed E-state index contributed by atoms with van der Waals surface area (Å²) in [5.74, 6) is -1.92. The molecule has 2 aromatic heterocycles. The highest BCUT2D eigenvalue weighted by atomic mass is 19.4. The predicted molar refractivity (Wildman–Crippen MR) is 69.6 cm³/mol. The maximum atomic E-state index is 12.7. The topological polar surface area (TPSA) is 103 Å². The maximum absolute atomic E-state index is 12.7. The van der Waals surface area contributed by atoms with Crippen molar-refractivity contribution in [2.75, 3.05) is 5.01 Å². The van der Waals surface area contributed by atoms with Gasteiger partial charge in [-0.1, -0.05) is 0 Å². The van der Waals surface area contributed by atoms with Crippen LogP contribution in [0.1, 0.15) is 6.92 Å². The first-order valence-corrected chi connectivity index (χ1v) is 6.14. The van der Waals surface area contributed by atoms with Gasteiger partial charge in [0.15, 0.2) is 17.6 Å². The van der Waals surface area contributed by atoms with Crippen molar-refractivity contribution in [3.05, 3.63) is 18.5 Å². The average Bonchev–Trinajstić information content (AvgIpc) is 3.01. The minimum absolute atomic E-state index is 0.0134. The van der Waals surface area contributed by atoms with Gasteiger partial charge in [0, 0.05) is 5.71 Å². The number of halogens is 3. The Balaban J connectivity index is 1.95. The van der Waals surface area contributed by atoms with Crippen molar-refractivity contribution in [2.45, 2.75) is 19.2 Å². The standard InChI is InChI=1S/C11H10F3N7O/c1-5-8(9(22)11(12,13)14)10(15)21(18-5)7-3-2-6-17-16-4-20(6)19-7/h2-4,8-9,15,22H,1H3. The first kappa shape index (κ1) is 14.4. The lowest BCUT2D eigenvalue weighted by molar-refractivity contribution is -0.207. The summed E-state index contributed by atoms with van der Waals surface area (Å²) in [6.45, 7) is 1.32. The van der Waals surface area contributed by atoms with Gasteiger partial charge in [-0.05, 0) is 19.1 Å². The van der Waals surface area contributed by atoms with E-state index >= 15 is 0 Å². The number of nitrogens with one attached hydrogen (secondary N) is 1. The van der Waals surface area contributed by atoms with E-state index in [-0.39, 0.29) is 11.5 Å². The van der Waals surface area contributed by atoms with Crippen LogP contribution in [-0.2, 0) is 0 Å². The molecule has 0 saturated heterocycles. The first-order valence-electron chi connectivity index (χ1n) is 6.14. The number of aliphatic hydroxyl groups excluding tert-OH is 1. The molecule has 1 aliphatic rings. The fourth-order valence-corrected chi connectivity index (χ4v) is 2.18. The van der Waals surface area contributed by atoms with E-state index in [4.69, 9.17) is 5.41 Å². The smallest absolute Gasteiger partial charge is 0.383 e. The third kappa shape index (κ3) is 2.19. The molecule has 11 heteroatoms. The van der Waals surface area contributed by atoms with E-state index in [9.17, 15) is 18.3 Å². The van der Waals surface area contributed by atoms with Gasteiger partial charge in [0.05, 0.1) is 5.92 Å². The molecule has 0 radical (unpaired) electrons. The number of rotatable bonds is 2. The fourth-order valence-electron chi connectivity index (χ4n) is 2.18. The fraction of sp³-hybridized carbons (Fsp3) is 0.364. The number of amidine groups is 1. The zero-order valence-electron chi connectivity index (χ0n) is 11.2. The SMILES string of the molecule is CC1=NN(c2ccc3nncn3n2)C(=N)C1C(O)C(F)(F)F. The summed E-state index contributed by atoms with van der Waals surface area (Å²) in [5.41, 5.74) is 0.433. The van der Waals surface area contributed by atoms with Gasteiger partial charge in [0.1, 0.15) is 12.2 Å². The van der Waals surface area contributed by atoms with Crippen LogP contribution in [0.5, 0.6) is 0 Å². The molecule has 0 aromatic carbocycles. The molecule has 116 valence electrons. The molecule has 0 bridgehead atoms. The van der Waals surface area contributed by atoms with E-state index < -0.39 is 24.0 Å². The molecule has 3 rings (SSSR count). The zero-order chi connectivity index (χ0) is 16.1. The number of fused-ring (bicyclic) bond motifs is 1. The number of anilines is 1. The summed E-state index contributed by atoms with van der Waals surface area (Å²) in [5, 5.41) is 33.6. The molecule has 0 amide bonds. The third-order valence-corrected chi connectivity index (χ3v) is 3.25. The van der Waals surface area contributed by atoms with Crippen LogP contribution in [-0.4, -0.2) is 48.7 Å². The third-order valence-electron chi connectivity index (χ3n) is 3.25. The number of hydrazone groups is 1. The van der Waals surface area contributed by atoms with Crippen LogP contribution in [0.4, 0.5) is 19.0 Å². The van der Waals surface area contributed by atoms with Gasteiger partial charge < -0.3 is 5.11 Å². The summed E-state index contributed by atoms with van der Waals surface area (Å²) < 4.78 is 39.4. The van der Waals surface area contributed by atoms with Crippen LogP contribution in [0.25, 0.3) is 5.65 Å². The number of nitrogens with zero attached hydrogens (tertiary/aromatic N) is 6. The summed E-state index contributed by atoms with van der Waals surface area (Å²) in [4.78, 5) is 0. The second-order valence-electron chi connectivity index (χ2n) is 4.73. The van der Waals surface area contributed by atoms with Gasteiger partial charge >= 0.3 is 6.18 Å². The molecule has 0 saturated carbocycles. The van der Waals surface area contributed by atoms with E-state index in [0.29, 0.717) is 5.65 Å². The molecular formula is C11H10F3N7O. The Bertz CT molecular complexity index is 768. The van der Waals surface area contributed by atoms with Crippen LogP contribution in [0.2, 0.25) is 0 Å². The Labute approximate surface area is 121 Å². The van der Waals surface area contributed by atoms with E-state index in [1.54, 1.807) is 6.07 Å². The van der Waals surface area contributed by atoms with Crippen LogP contribution in [0.15, 0.2) is 23.6 Å². The molecule has 8 nitrogen and oxygen atoms in total. The molecular weight excluding hydrogens is 303 g/mol. The van der Waals surface area contributed by atoms with E-state index in [0.717, 1.165) is 5.01 Å². The Morgan fingerprint density at radius 1 is 1.36 bits per heavy atom. The maximum Gasteiger partial charge on any atom is 0.415 e. The molecule has 0 fully saturated rings. The van der Waals surface area contributed by atoms with E-state index in [1.165, 1.54) is 23.8 Å². The Kier molecular flexibility index (Phi) is 3.09. The molecule has 2 N–H and O–H groups in total. The number of alkyl halides is 3. The minimum atomic E-state index is -4.84. The van der Waals surface area contributed by atoms with Gasteiger partial charge in [-0.3, -0.25) is 5.41 Å². The molecule has 3 heterocycles. The molecule has 22 heavy (non-hydrogen) atoms. The van der Waals surface area contributed by atoms with Gasteiger partial charge in [-0.15, -0.1) is 15.3 Å². The summed E-state index contributed by atoms with van der Waals surface area (Å²) in [6.07, 6.45) is -6.21. The van der Waals surface area contributed by atoms with Crippen molar-refractivity contribution in [3.63, 3.8) is 0 Å². The predicted octanol–water partition coefficient (Wildman–Crippen LogP) is 0.837. The van der Waals surface area contributed by atoms with Crippen molar-refractivity contribution in [3.8, 4) is 0 Å². The van der Waals surface area contributed by atoms with E-state index in [2.05, 4.69) is 20.4 Å². The molecule has 1 aliphatic heterocycles. The van der Waals surface area contributed by atoms with Crippen molar-refractivity contribution in [1.82, 2.24) is 19.8 Å². The molecule has 0 spiro atoms. The highest BCUT2D eigenvalue weighted by Crippen LogP contribution is 2.32. The van der Waals surface area contributed by atoms with Crippen molar-refractivity contribution in [2.24, 2.45) is 11.0 Å². The number of aliphatic hydroxyl groups is 1. The van der Waals surface area contributed by atoms with E-state index in [1.807, 2.05) is 0 Å². The second kappa shape index (κ2) is 4.73. The van der Waals surface area contributed by atoms with Gasteiger partial charge in [-0.25, -0.2) is 0 Å². The lowest BCUT2D eigenvalue weighted by Gasteiger charge is -2.22.